The molecule has 5 rings (SSSR count). The van der Waals surface area contributed by atoms with Crippen LogP contribution in [0.4, 0.5) is 27.6 Å². The molecule has 1 aromatic heterocycles. The Kier molecular flexibility index (Phi) is 7.02. The fourth-order valence-electron chi connectivity index (χ4n) is 4.58. The van der Waals surface area contributed by atoms with Gasteiger partial charge < -0.3 is 10.6 Å². The lowest BCUT2D eigenvalue weighted by Gasteiger charge is -2.19. The van der Waals surface area contributed by atoms with Crippen molar-refractivity contribution in [3.05, 3.63) is 105 Å². The number of nitriles is 1. The first-order valence-electron chi connectivity index (χ1n) is 12.3. The summed E-state index contributed by atoms with van der Waals surface area (Å²) in [5.41, 5.74) is -1.82. The van der Waals surface area contributed by atoms with Gasteiger partial charge in [0.25, 0.3) is 11.8 Å². The second-order valence-corrected chi connectivity index (χ2v) is 10.5. The van der Waals surface area contributed by atoms with Gasteiger partial charge in [0.2, 0.25) is 0 Å². The van der Waals surface area contributed by atoms with Crippen LogP contribution >= 0.6 is 11.6 Å². The Hall–Kier alpha value is -4.76. The fraction of sp³-hybridized carbons (Fsp3) is 0.172. The summed E-state index contributed by atoms with van der Waals surface area (Å²) in [6.07, 6.45) is -1.93. The predicted octanol–water partition coefficient (Wildman–Crippen LogP) is 6.84. The number of nitrogens with one attached hydrogen (secondary N) is 2. The van der Waals surface area contributed by atoms with Gasteiger partial charge in [0.05, 0.1) is 23.9 Å². The van der Waals surface area contributed by atoms with Gasteiger partial charge in [-0.2, -0.15) is 23.5 Å². The van der Waals surface area contributed by atoms with Crippen LogP contribution in [0.5, 0.6) is 0 Å². The van der Waals surface area contributed by atoms with Gasteiger partial charge in [0, 0.05) is 44.7 Å². The van der Waals surface area contributed by atoms with Crippen LogP contribution in [0, 0.1) is 23.0 Å². The molecule has 0 spiro atoms. The van der Waals surface area contributed by atoms with Crippen molar-refractivity contribution >= 4 is 29.1 Å². The first kappa shape index (κ1) is 28.8. The van der Waals surface area contributed by atoms with E-state index in [0.717, 1.165) is 12.1 Å². The summed E-state index contributed by atoms with van der Waals surface area (Å²) in [6.45, 7) is 3.26. The zero-order valence-electron chi connectivity index (χ0n) is 21.8. The maximum atomic E-state index is 14.2. The standard InChI is InChI=1S/C29H19ClF5N5O2/c1-28(2,13-36)40-12-16(11-37-40)14-7-21-24(25(39-27(21)42)20-10-18(31)3-4-22(20)30)23(8-14)38-26(41)15-5-17(29(33,34)35)9-19(32)6-15/h3-12,25H,1-2H3,(H,38,41)(H,39,42)/t25-/m0/s1. The average molecular weight is 600 g/mol. The molecule has 0 aliphatic carbocycles. The van der Waals surface area contributed by atoms with E-state index in [4.69, 9.17) is 11.6 Å². The fourth-order valence-corrected chi connectivity index (χ4v) is 4.81. The van der Waals surface area contributed by atoms with Crippen molar-refractivity contribution < 1.29 is 31.5 Å². The normalized spacial score (nSPS) is 14.7. The Morgan fingerprint density at radius 2 is 1.81 bits per heavy atom. The first-order chi connectivity index (χ1) is 19.7. The van der Waals surface area contributed by atoms with Gasteiger partial charge in [0.15, 0.2) is 0 Å². The molecule has 7 nitrogen and oxygen atoms in total. The number of anilines is 1. The van der Waals surface area contributed by atoms with Crippen molar-refractivity contribution in [3.8, 4) is 17.2 Å². The predicted molar refractivity (Wildman–Crippen MR) is 143 cm³/mol. The van der Waals surface area contributed by atoms with Crippen molar-refractivity contribution in [3.63, 3.8) is 0 Å². The minimum Gasteiger partial charge on any atom is -0.341 e. The number of hydrogen-bond donors (Lipinski definition) is 2. The number of amides is 2. The van der Waals surface area contributed by atoms with Gasteiger partial charge in [-0.05, 0) is 67.9 Å². The molecule has 0 bridgehead atoms. The van der Waals surface area contributed by atoms with Crippen LogP contribution in [0.3, 0.4) is 0 Å². The topological polar surface area (TPSA) is 99.8 Å². The van der Waals surface area contributed by atoms with Crippen LogP contribution in [0.2, 0.25) is 5.02 Å². The highest BCUT2D eigenvalue weighted by atomic mass is 35.5. The summed E-state index contributed by atoms with van der Waals surface area (Å²) in [5, 5.41) is 19.0. The third-order valence-corrected chi connectivity index (χ3v) is 7.10. The number of benzene rings is 3. The van der Waals surface area contributed by atoms with Crippen molar-refractivity contribution in [1.29, 1.82) is 5.26 Å². The Morgan fingerprint density at radius 3 is 2.50 bits per heavy atom. The monoisotopic (exact) mass is 599 g/mol. The van der Waals surface area contributed by atoms with Gasteiger partial charge in [-0.15, -0.1) is 0 Å². The van der Waals surface area contributed by atoms with E-state index in [1.165, 1.54) is 29.1 Å². The van der Waals surface area contributed by atoms with Crippen LogP contribution in [0.15, 0.2) is 60.9 Å². The molecule has 42 heavy (non-hydrogen) atoms. The molecule has 1 aliphatic rings. The van der Waals surface area contributed by atoms with E-state index in [1.807, 2.05) is 0 Å². The molecule has 0 radical (unpaired) electrons. The smallest absolute Gasteiger partial charge is 0.341 e. The summed E-state index contributed by atoms with van der Waals surface area (Å²) in [5.74, 6) is -3.61. The Labute approximate surface area is 240 Å². The highest BCUT2D eigenvalue weighted by Gasteiger charge is 2.36. The number of halogens is 6. The minimum absolute atomic E-state index is 0.0266. The molecule has 4 aromatic rings. The van der Waals surface area contributed by atoms with Crippen molar-refractivity contribution in [2.45, 2.75) is 31.6 Å². The van der Waals surface area contributed by atoms with Crippen LogP contribution < -0.4 is 10.6 Å². The lowest BCUT2D eigenvalue weighted by atomic mass is 9.93. The average Bonchev–Trinajstić information content (AvgIpc) is 3.55. The molecule has 13 heteroatoms. The van der Waals surface area contributed by atoms with E-state index in [9.17, 15) is 36.8 Å². The van der Waals surface area contributed by atoms with E-state index in [1.54, 1.807) is 20.0 Å². The molecule has 0 saturated carbocycles. The Bertz CT molecular complexity index is 1810. The van der Waals surface area contributed by atoms with E-state index in [2.05, 4.69) is 21.8 Å². The zero-order valence-corrected chi connectivity index (χ0v) is 22.5. The number of fused-ring (bicyclic) bond motifs is 1. The van der Waals surface area contributed by atoms with Crippen LogP contribution in [0.25, 0.3) is 11.1 Å². The molecule has 214 valence electrons. The third kappa shape index (κ3) is 5.31. The molecular formula is C29H19ClF5N5O2. The molecule has 3 aromatic carbocycles. The summed E-state index contributed by atoms with van der Waals surface area (Å²) >= 11 is 6.32. The second-order valence-electron chi connectivity index (χ2n) is 10.1. The molecule has 1 aliphatic heterocycles. The number of carbonyl (C=O) groups is 2. The van der Waals surface area contributed by atoms with Crippen molar-refractivity contribution in [2.75, 3.05) is 5.32 Å². The lowest BCUT2D eigenvalue weighted by molar-refractivity contribution is -0.137. The summed E-state index contributed by atoms with van der Waals surface area (Å²) in [6, 6.07) is 8.94. The zero-order chi connectivity index (χ0) is 30.6. The van der Waals surface area contributed by atoms with Gasteiger partial charge in [0.1, 0.15) is 17.2 Å². The van der Waals surface area contributed by atoms with Crippen molar-refractivity contribution in [1.82, 2.24) is 15.1 Å². The molecule has 1 atom stereocenters. The molecule has 0 unspecified atom stereocenters. The minimum atomic E-state index is -4.91. The largest absolute Gasteiger partial charge is 0.416 e. The quantitative estimate of drug-likeness (QED) is 0.245. The number of rotatable bonds is 5. The van der Waals surface area contributed by atoms with Crippen LogP contribution in [0.1, 0.15) is 57.3 Å². The number of nitrogens with zero attached hydrogens (tertiary/aromatic N) is 3. The third-order valence-electron chi connectivity index (χ3n) is 6.76. The Balaban J connectivity index is 1.67. The second kappa shape index (κ2) is 10.3. The molecule has 2 heterocycles. The van der Waals surface area contributed by atoms with Gasteiger partial charge in [-0.25, -0.2) is 8.78 Å². The highest BCUT2D eigenvalue weighted by Crippen LogP contribution is 2.42. The Morgan fingerprint density at radius 1 is 1.07 bits per heavy atom. The number of aromatic nitrogens is 2. The van der Waals surface area contributed by atoms with Gasteiger partial charge in [-0.1, -0.05) is 11.6 Å². The van der Waals surface area contributed by atoms with E-state index in [0.29, 0.717) is 23.3 Å². The number of hydrogen-bond acceptors (Lipinski definition) is 4. The highest BCUT2D eigenvalue weighted by molar-refractivity contribution is 6.31. The van der Waals surface area contributed by atoms with Gasteiger partial charge >= 0.3 is 6.18 Å². The molecule has 0 fully saturated rings. The van der Waals surface area contributed by atoms with E-state index < -0.39 is 52.3 Å². The summed E-state index contributed by atoms with van der Waals surface area (Å²) in [4.78, 5) is 26.4. The summed E-state index contributed by atoms with van der Waals surface area (Å²) in [7, 11) is 0. The van der Waals surface area contributed by atoms with Crippen LogP contribution in [-0.4, -0.2) is 21.6 Å². The van der Waals surface area contributed by atoms with Gasteiger partial charge in [-0.3, -0.25) is 14.3 Å². The van der Waals surface area contributed by atoms with E-state index in [-0.39, 0.29) is 33.5 Å². The number of alkyl halides is 3. The molecule has 2 amide bonds. The van der Waals surface area contributed by atoms with E-state index >= 15 is 0 Å². The maximum Gasteiger partial charge on any atom is 0.416 e. The molecule has 2 N–H and O–H groups in total. The lowest BCUT2D eigenvalue weighted by Crippen LogP contribution is -2.24. The van der Waals surface area contributed by atoms with Crippen molar-refractivity contribution in [2.24, 2.45) is 0 Å². The first-order valence-corrected chi connectivity index (χ1v) is 12.7. The maximum absolute atomic E-state index is 14.2. The summed E-state index contributed by atoms with van der Waals surface area (Å²) < 4.78 is 69.6. The number of carbonyl (C=O) groups excluding carboxylic acids is 2. The SMILES string of the molecule is CC(C)(C#N)n1cc(-c2cc(NC(=O)c3cc(F)cc(C(F)(F)F)c3)c3c(c2)C(=O)N[C@H]3c2cc(F)ccc2Cl)cn1. The molecular weight excluding hydrogens is 581 g/mol. The van der Waals surface area contributed by atoms with Crippen LogP contribution in [-0.2, 0) is 11.7 Å². The molecule has 0 saturated heterocycles.